The van der Waals surface area contributed by atoms with Crippen molar-refractivity contribution in [2.24, 2.45) is 0 Å². The molecule has 9 heteroatoms. The van der Waals surface area contributed by atoms with Crippen molar-refractivity contribution in [1.29, 1.82) is 0 Å². The van der Waals surface area contributed by atoms with E-state index in [0.717, 1.165) is 0 Å². The summed E-state index contributed by atoms with van der Waals surface area (Å²) in [6, 6.07) is 11.8. The lowest BCUT2D eigenvalue weighted by Crippen LogP contribution is -2.10. The topological polar surface area (TPSA) is 103 Å². The van der Waals surface area contributed by atoms with Crippen LogP contribution in [0.3, 0.4) is 0 Å². The van der Waals surface area contributed by atoms with Crippen LogP contribution >= 0.6 is 0 Å². The first kappa shape index (κ1) is 25.2. The van der Waals surface area contributed by atoms with Crippen LogP contribution in [0.25, 0.3) is 10.8 Å². The van der Waals surface area contributed by atoms with Gasteiger partial charge in [0.25, 0.3) is 0 Å². The highest BCUT2D eigenvalue weighted by atomic mass is 32.2. The van der Waals surface area contributed by atoms with Crippen LogP contribution in [-0.2, 0) is 20.8 Å². The zero-order valence-corrected chi connectivity index (χ0v) is 20.4. The molecule has 3 aromatic rings. The van der Waals surface area contributed by atoms with Crippen LogP contribution in [0.5, 0.6) is 28.7 Å². The van der Waals surface area contributed by atoms with E-state index in [1.54, 1.807) is 63.4 Å². The molecule has 0 N–H and O–H groups in total. The van der Waals surface area contributed by atoms with Gasteiger partial charge >= 0.3 is 11.9 Å². The molecule has 0 aliphatic heterocycles. The molecule has 0 aromatic heterocycles. The predicted molar refractivity (Wildman–Crippen MR) is 127 cm³/mol. The molecular weight excluding hydrogens is 460 g/mol. The molecule has 0 saturated heterocycles. The van der Waals surface area contributed by atoms with Gasteiger partial charge in [0.1, 0.15) is 5.75 Å². The summed E-state index contributed by atoms with van der Waals surface area (Å²) in [5.41, 5.74) is 0. The largest absolute Gasteiger partial charge is 0.606 e. The number of benzene rings is 3. The number of esters is 2. The Balaban J connectivity index is 2.29. The van der Waals surface area contributed by atoms with Crippen molar-refractivity contribution in [2.45, 2.75) is 37.5 Å². The van der Waals surface area contributed by atoms with Gasteiger partial charge in [-0.1, -0.05) is 0 Å². The predicted octanol–water partition coefficient (Wildman–Crippen LogP) is 4.66. The molecule has 0 radical (unpaired) electrons. The minimum atomic E-state index is -1.55. The smallest absolute Gasteiger partial charge is 0.308 e. The quantitative estimate of drug-likeness (QED) is 0.244. The Morgan fingerprint density at radius 3 is 1.74 bits per heavy atom. The van der Waals surface area contributed by atoms with Crippen LogP contribution in [0.1, 0.15) is 27.7 Å². The molecule has 34 heavy (non-hydrogen) atoms. The summed E-state index contributed by atoms with van der Waals surface area (Å²) in [4.78, 5) is 24.9. The van der Waals surface area contributed by atoms with E-state index in [9.17, 15) is 14.1 Å². The van der Waals surface area contributed by atoms with Gasteiger partial charge < -0.3 is 28.2 Å². The molecule has 1 atom stereocenters. The molecular formula is C25H26O8S. The molecule has 0 heterocycles. The van der Waals surface area contributed by atoms with Gasteiger partial charge in [0.05, 0.1) is 20.3 Å². The molecule has 8 nitrogen and oxygen atoms in total. The molecule has 0 saturated carbocycles. The summed E-state index contributed by atoms with van der Waals surface area (Å²) in [5.74, 6) is 0.000418. The maximum Gasteiger partial charge on any atom is 0.308 e. The third-order valence-electron chi connectivity index (χ3n) is 4.66. The van der Waals surface area contributed by atoms with Crippen molar-refractivity contribution in [2.75, 3.05) is 20.3 Å². The van der Waals surface area contributed by atoms with Crippen LogP contribution in [0, 0.1) is 0 Å². The number of fused-ring (bicyclic) bond motifs is 1. The number of hydrogen-bond donors (Lipinski definition) is 0. The van der Waals surface area contributed by atoms with Gasteiger partial charge in [0.2, 0.25) is 11.5 Å². The van der Waals surface area contributed by atoms with Crippen LogP contribution in [-0.4, -0.2) is 36.8 Å². The van der Waals surface area contributed by atoms with Gasteiger partial charge in [-0.15, -0.1) is 0 Å². The Kier molecular flexibility index (Phi) is 8.25. The molecule has 0 spiro atoms. The van der Waals surface area contributed by atoms with E-state index in [2.05, 4.69) is 0 Å². The Bertz CT molecular complexity index is 1190. The molecule has 0 aliphatic carbocycles. The Labute approximate surface area is 200 Å². The van der Waals surface area contributed by atoms with E-state index in [4.69, 9.17) is 23.7 Å². The van der Waals surface area contributed by atoms with Crippen molar-refractivity contribution in [3.05, 3.63) is 42.5 Å². The maximum absolute atomic E-state index is 13.3. The lowest BCUT2D eigenvalue weighted by Gasteiger charge is -2.21. The van der Waals surface area contributed by atoms with Crippen molar-refractivity contribution >= 4 is 33.9 Å². The number of hydrogen-bond acceptors (Lipinski definition) is 8. The SMILES string of the molecule is CCOc1c(OCC)c(OC(C)=O)c2cc([S+]([O-])c3ccc(OC)cc3)ccc2c1OC(C)=O. The third kappa shape index (κ3) is 5.37. The van der Waals surface area contributed by atoms with Gasteiger partial charge in [-0.3, -0.25) is 9.59 Å². The molecule has 1 unspecified atom stereocenters. The van der Waals surface area contributed by atoms with Gasteiger partial charge in [-0.25, -0.2) is 0 Å². The molecule has 0 aliphatic rings. The summed E-state index contributed by atoms with van der Waals surface area (Å²) in [5, 5.41) is 0.826. The lowest BCUT2D eigenvalue weighted by molar-refractivity contribution is -0.133. The highest BCUT2D eigenvalue weighted by Gasteiger charge is 2.28. The first-order valence-electron chi connectivity index (χ1n) is 10.6. The molecule has 3 aromatic carbocycles. The van der Waals surface area contributed by atoms with E-state index >= 15 is 0 Å². The van der Waals surface area contributed by atoms with E-state index in [1.165, 1.54) is 13.8 Å². The Morgan fingerprint density at radius 1 is 0.765 bits per heavy atom. The molecule has 180 valence electrons. The first-order chi connectivity index (χ1) is 16.3. The Hall–Kier alpha value is -3.43. The zero-order valence-electron chi connectivity index (χ0n) is 19.6. The minimum absolute atomic E-state index is 0.0947. The van der Waals surface area contributed by atoms with E-state index in [1.807, 2.05) is 0 Å². The van der Waals surface area contributed by atoms with E-state index in [0.29, 0.717) is 26.3 Å². The first-order valence-corrected chi connectivity index (χ1v) is 11.8. The standard InChI is InChI=1S/C25H26O8S/c1-6-30-24-22(32-15(3)26)20-13-12-19(34(28)18-10-8-17(29-5)9-11-18)14-21(20)23(33-16(4)27)25(24)31-7-2/h8-14H,6-7H2,1-5H3. The Morgan fingerprint density at radius 2 is 1.26 bits per heavy atom. The average Bonchev–Trinajstić information content (AvgIpc) is 2.82. The third-order valence-corrected chi connectivity index (χ3v) is 6.04. The average molecular weight is 487 g/mol. The van der Waals surface area contributed by atoms with Crippen molar-refractivity contribution in [3.63, 3.8) is 0 Å². The monoisotopic (exact) mass is 486 g/mol. The van der Waals surface area contributed by atoms with Gasteiger partial charge in [0.15, 0.2) is 21.3 Å². The second-order valence-electron chi connectivity index (χ2n) is 7.02. The molecule has 3 rings (SSSR count). The fraction of sp³-hybridized carbons (Fsp3) is 0.280. The summed E-state index contributed by atoms with van der Waals surface area (Å²) in [6.07, 6.45) is 0. The molecule has 0 bridgehead atoms. The number of carbonyl (C=O) groups is 2. The lowest BCUT2D eigenvalue weighted by atomic mass is 10.1. The van der Waals surface area contributed by atoms with Gasteiger partial charge in [-0.2, -0.15) is 0 Å². The molecule has 0 fully saturated rings. The van der Waals surface area contributed by atoms with Crippen LogP contribution in [0.15, 0.2) is 52.3 Å². The fourth-order valence-electron chi connectivity index (χ4n) is 3.35. The highest BCUT2D eigenvalue weighted by Crippen LogP contribution is 2.52. The van der Waals surface area contributed by atoms with Gasteiger partial charge in [0, 0.05) is 41.9 Å². The molecule has 0 amide bonds. The number of carbonyl (C=O) groups excluding carboxylic acids is 2. The summed E-state index contributed by atoms with van der Waals surface area (Å²) < 4.78 is 41.0. The number of ether oxygens (including phenoxy) is 5. The van der Waals surface area contributed by atoms with Crippen molar-refractivity contribution in [1.82, 2.24) is 0 Å². The highest BCUT2D eigenvalue weighted by molar-refractivity contribution is 7.91. The zero-order chi connectivity index (χ0) is 24.8. The van der Waals surface area contributed by atoms with E-state index in [-0.39, 0.29) is 36.2 Å². The van der Waals surface area contributed by atoms with E-state index < -0.39 is 23.1 Å². The number of rotatable bonds is 9. The maximum atomic E-state index is 13.3. The second-order valence-corrected chi connectivity index (χ2v) is 8.50. The summed E-state index contributed by atoms with van der Waals surface area (Å²) in [7, 11) is 1.55. The van der Waals surface area contributed by atoms with Crippen LogP contribution in [0.2, 0.25) is 0 Å². The summed E-state index contributed by atoms with van der Waals surface area (Å²) >= 11 is -1.55. The van der Waals surface area contributed by atoms with Crippen LogP contribution in [0.4, 0.5) is 0 Å². The normalized spacial score (nSPS) is 11.6. The van der Waals surface area contributed by atoms with Crippen LogP contribution < -0.4 is 23.7 Å². The summed E-state index contributed by atoms with van der Waals surface area (Å²) in [6.45, 7) is 6.55. The fourth-order valence-corrected chi connectivity index (χ4v) is 4.42. The van der Waals surface area contributed by atoms with Crippen molar-refractivity contribution in [3.8, 4) is 28.7 Å². The van der Waals surface area contributed by atoms with Gasteiger partial charge in [-0.05, 0) is 50.2 Å². The second kappa shape index (κ2) is 11.1. The minimum Gasteiger partial charge on any atom is -0.606 e. The number of methoxy groups -OCH3 is 1. The van der Waals surface area contributed by atoms with Crippen molar-refractivity contribution < 1.29 is 37.8 Å².